The highest BCUT2D eigenvalue weighted by Gasteiger charge is 2.16. The summed E-state index contributed by atoms with van der Waals surface area (Å²) in [5.74, 6) is 1.47. The molecule has 0 fully saturated rings. The van der Waals surface area contributed by atoms with Gasteiger partial charge in [-0.3, -0.25) is 4.79 Å². The lowest BCUT2D eigenvalue weighted by molar-refractivity contribution is 0.0995. The number of aryl methyl sites for hydroxylation is 3. The number of H-pyrrole nitrogens is 1. The Balaban J connectivity index is 1.38. The maximum absolute atomic E-state index is 13.0. The van der Waals surface area contributed by atoms with Crippen LogP contribution in [0.2, 0.25) is 0 Å². The topological polar surface area (TPSA) is 70.9 Å². The minimum Gasteiger partial charge on any atom is -0.456 e. The van der Waals surface area contributed by atoms with Gasteiger partial charge < -0.3 is 14.7 Å². The van der Waals surface area contributed by atoms with Crippen molar-refractivity contribution in [1.29, 1.82) is 0 Å². The van der Waals surface area contributed by atoms with Gasteiger partial charge in [0.25, 0.3) is 5.91 Å². The zero-order chi connectivity index (χ0) is 22.9. The van der Waals surface area contributed by atoms with Gasteiger partial charge >= 0.3 is 0 Å². The van der Waals surface area contributed by atoms with Crippen LogP contribution in [0.15, 0.2) is 77.2 Å². The van der Waals surface area contributed by atoms with Gasteiger partial charge in [-0.25, -0.2) is 4.98 Å². The summed E-state index contributed by atoms with van der Waals surface area (Å²) in [5.41, 5.74) is 8.26. The van der Waals surface area contributed by atoms with Crippen LogP contribution in [-0.2, 0) is 6.42 Å². The van der Waals surface area contributed by atoms with Crippen LogP contribution in [0.4, 0.5) is 5.69 Å². The Morgan fingerprint density at radius 1 is 0.939 bits per heavy atom. The average molecular weight is 436 g/mol. The van der Waals surface area contributed by atoms with E-state index >= 15 is 0 Å². The number of aromatic amines is 1. The Kier molecular flexibility index (Phi) is 5.31. The molecule has 0 aliphatic carbocycles. The summed E-state index contributed by atoms with van der Waals surface area (Å²) in [6.45, 7) is 6.32. The number of nitrogens with zero attached hydrogens (tertiary/aromatic N) is 1. The number of rotatable bonds is 5. The molecule has 0 aliphatic rings. The third-order valence-electron chi connectivity index (χ3n) is 5.90. The smallest absolute Gasteiger partial charge is 0.291 e. The predicted octanol–water partition coefficient (Wildman–Crippen LogP) is 6.59. The molecule has 0 bridgehead atoms. The van der Waals surface area contributed by atoms with E-state index in [1.165, 1.54) is 22.3 Å². The molecule has 5 nitrogen and oxygen atoms in total. The minimum absolute atomic E-state index is 0.284. The number of benzene rings is 3. The number of para-hydroxylation sites is 3. The second kappa shape index (κ2) is 8.43. The van der Waals surface area contributed by atoms with E-state index in [0.29, 0.717) is 17.9 Å². The van der Waals surface area contributed by atoms with Crippen molar-refractivity contribution in [3.8, 4) is 11.4 Å². The highest BCUT2D eigenvalue weighted by Crippen LogP contribution is 2.28. The summed E-state index contributed by atoms with van der Waals surface area (Å²) >= 11 is 0. The standard InChI is InChI=1S/C28H25N3O2/c1-17-14-18(2)22(19(3)15-17)16-20-12-13-26(33-20)28(32)31-23-9-5-4-8-21(23)27-29-24-10-6-7-11-25(24)30-27/h4-15H,16H2,1-3H3,(H,29,30)(H,31,32). The van der Waals surface area contributed by atoms with Crippen molar-refractivity contribution in [2.45, 2.75) is 27.2 Å². The molecule has 0 spiro atoms. The van der Waals surface area contributed by atoms with Crippen molar-refractivity contribution >= 4 is 22.6 Å². The molecule has 0 saturated heterocycles. The number of fused-ring (bicyclic) bond motifs is 1. The van der Waals surface area contributed by atoms with Gasteiger partial charge in [0, 0.05) is 12.0 Å². The molecule has 2 aromatic heterocycles. The number of furan rings is 1. The first kappa shape index (κ1) is 20.8. The fourth-order valence-electron chi connectivity index (χ4n) is 4.32. The van der Waals surface area contributed by atoms with Crippen LogP contribution in [0.3, 0.4) is 0 Å². The molecular weight excluding hydrogens is 410 g/mol. The van der Waals surface area contributed by atoms with Crippen LogP contribution >= 0.6 is 0 Å². The number of imidazole rings is 1. The predicted molar refractivity (Wildman–Crippen MR) is 132 cm³/mol. The summed E-state index contributed by atoms with van der Waals surface area (Å²) < 4.78 is 5.92. The lowest BCUT2D eigenvalue weighted by atomic mass is 9.97. The molecule has 1 amide bonds. The van der Waals surface area contributed by atoms with Crippen molar-refractivity contribution < 1.29 is 9.21 Å². The maximum Gasteiger partial charge on any atom is 0.291 e. The zero-order valence-corrected chi connectivity index (χ0v) is 18.9. The molecule has 0 aliphatic heterocycles. The Morgan fingerprint density at radius 3 is 2.45 bits per heavy atom. The van der Waals surface area contributed by atoms with E-state index in [1.54, 1.807) is 6.07 Å². The number of hydrogen-bond acceptors (Lipinski definition) is 3. The molecule has 33 heavy (non-hydrogen) atoms. The van der Waals surface area contributed by atoms with Crippen LogP contribution in [0, 0.1) is 20.8 Å². The number of nitrogens with one attached hydrogen (secondary N) is 2. The highest BCUT2D eigenvalue weighted by atomic mass is 16.3. The molecule has 2 heterocycles. The molecule has 5 heteroatoms. The summed E-state index contributed by atoms with van der Waals surface area (Å²) in [6, 6.07) is 23.4. The summed E-state index contributed by atoms with van der Waals surface area (Å²) in [7, 11) is 0. The summed E-state index contributed by atoms with van der Waals surface area (Å²) in [5, 5.41) is 2.98. The number of carbonyl (C=O) groups excluding carboxylic acids is 1. The summed E-state index contributed by atoms with van der Waals surface area (Å²) in [4.78, 5) is 21.0. The van der Waals surface area contributed by atoms with Gasteiger partial charge in [0.1, 0.15) is 11.6 Å². The molecule has 0 saturated carbocycles. The fourth-order valence-corrected chi connectivity index (χ4v) is 4.32. The van der Waals surface area contributed by atoms with E-state index in [9.17, 15) is 4.79 Å². The molecule has 0 atom stereocenters. The first-order valence-corrected chi connectivity index (χ1v) is 11.0. The van der Waals surface area contributed by atoms with Gasteiger partial charge in [-0.15, -0.1) is 0 Å². The SMILES string of the molecule is Cc1cc(C)c(Cc2ccc(C(=O)Nc3ccccc3-c3nc4ccccc4[nH]3)o2)c(C)c1. The minimum atomic E-state index is -0.290. The molecule has 5 rings (SSSR count). The van der Waals surface area contributed by atoms with Gasteiger partial charge in [-0.1, -0.05) is 42.0 Å². The number of aromatic nitrogens is 2. The quantitative estimate of drug-likeness (QED) is 0.327. The van der Waals surface area contributed by atoms with Crippen molar-refractivity contribution in [3.63, 3.8) is 0 Å². The van der Waals surface area contributed by atoms with E-state index in [0.717, 1.165) is 22.4 Å². The largest absolute Gasteiger partial charge is 0.456 e. The first-order chi connectivity index (χ1) is 16.0. The van der Waals surface area contributed by atoms with Crippen LogP contribution in [0.1, 0.15) is 38.6 Å². The lowest BCUT2D eigenvalue weighted by Crippen LogP contribution is -2.11. The highest BCUT2D eigenvalue weighted by molar-refractivity contribution is 6.04. The van der Waals surface area contributed by atoms with Crippen molar-refractivity contribution in [2.24, 2.45) is 0 Å². The van der Waals surface area contributed by atoms with E-state index in [4.69, 9.17) is 4.42 Å². The first-order valence-electron chi connectivity index (χ1n) is 11.0. The number of amides is 1. The Morgan fingerprint density at radius 2 is 1.67 bits per heavy atom. The second-order valence-electron chi connectivity index (χ2n) is 8.42. The zero-order valence-electron chi connectivity index (χ0n) is 18.9. The third kappa shape index (κ3) is 4.17. The Bertz CT molecular complexity index is 1420. The lowest BCUT2D eigenvalue weighted by Gasteiger charge is -2.10. The van der Waals surface area contributed by atoms with Crippen molar-refractivity contribution in [1.82, 2.24) is 9.97 Å². The van der Waals surface area contributed by atoms with E-state index in [-0.39, 0.29) is 11.7 Å². The van der Waals surface area contributed by atoms with Crippen LogP contribution in [0.25, 0.3) is 22.4 Å². The number of hydrogen-bond donors (Lipinski definition) is 2. The molecule has 2 N–H and O–H groups in total. The van der Waals surface area contributed by atoms with Gasteiger partial charge in [0.2, 0.25) is 0 Å². The van der Waals surface area contributed by atoms with E-state index < -0.39 is 0 Å². The Labute approximate surface area is 192 Å². The van der Waals surface area contributed by atoms with Crippen molar-refractivity contribution in [3.05, 3.63) is 107 Å². The van der Waals surface area contributed by atoms with Crippen LogP contribution in [0.5, 0.6) is 0 Å². The van der Waals surface area contributed by atoms with Crippen molar-refractivity contribution in [2.75, 3.05) is 5.32 Å². The van der Waals surface area contributed by atoms with Gasteiger partial charge in [0.15, 0.2) is 5.76 Å². The van der Waals surface area contributed by atoms with E-state index in [1.807, 2.05) is 54.6 Å². The number of carbonyl (C=O) groups is 1. The average Bonchev–Trinajstić information content (AvgIpc) is 3.43. The third-order valence-corrected chi connectivity index (χ3v) is 5.90. The maximum atomic E-state index is 13.0. The van der Waals surface area contributed by atoms with E-state index in [2.05, 4.69) is 48.2 Å². The molecule has 0 radical (unpaired) electrons. The molecular formula is C28H25N3O2. The van der Waals surface area contributed by atoms with Crippen LogP contribution < -0.4 is 5.32 Å². The normalized spacial score (nSPS) is 11.1. The Hall–Kier alpha value is -4.12. The van der Waals surface area contributed by atoms with Crippen LogP contribution in [-0.4, -0.2) is 15.9 Å². The fraction of sp³-hybridized carbons (Fsp3) is 0.143. The molecule has 5 aromatic rings. The van der Waals surface area contributed by atoms with Gasteiger partial charge in [-0.05, 0) is 73.9 Å². The number of anilines is 1. The molecule has 3 aromatic carbocycles. The summed E-state index contributed by atoms with van der Waals surface area (Å²) in [6.07, 6.45) is 0.654. The second-order valence-corrected chi connectivity index (χ2v) is 8.42. The van der Waals surface area contributed by atoms with Gasteiger partial charge in [0.05, 0.1) is 16.7 Å². The van der Waals surface area contributed by atoms with Gasteiger partial charge in [-0.2, -0.15) is 0 Å². The molecule has 0 unspecified atom stereocenters. The monoisotopic (exact) mass is 435 g/mol. The molecule has 164 valence electrons.